The van der Waals surface area contributed by atoms with Gasteiger partial charge in [0.05, 0.1) is 4.90 Å². The van der Waals surface area contributed by atoms with Crippen molar-refractivity contribution < 1.29 is 18.3 Å². The summed E-state index contributed by atoms with van der Waals surface area (Å²) in [4.78, 5) is 11.2. The Balaban J connectivity index is 3.06. The number of sulfonamides is 1. The quantitative estimate of drug-likeness (QED) is 0.868. The van der Waals surface area contributed by atoms with Gasteiger partial charge in [-0.25, -0.2) is 8.42 Å². The molecule has 0 fully saturated rings. The molecule has 100 valence electrons. The van der Waals surface area contributed by atoms with Crippen LogP contribution in [0.2, 0.25) is 0 Å². The lowest BCUT2D eigenvalue weighted by molar-refractivity contribution is -0.141. The van der Waals surface area contributed by atoms with Gasteiger partial charge in [0.2, 0.25) is 10.0 Å². The summed E-state index contributed by atoms with van der Waals surface area (Å²) in [6, 6.07) is 6.52. The largest absolute Gasteiger partial charge is 0.480 e. The molecule has 6 heteroatoms. The predicted molar refractivity (Wildman–Crippen MR) is 67.6 cm³/mol. The van der Waals surface area contributed by atoms with Crippen molar-refractivity contribution in [1.29, 1.82) is 0 Å². The number of aliphatic carboxylic acids is 1. The van der Waals surface area contributed by atoms with E-state index in [0.29, 0.717) is 0 Å². The van der Waals surface area contributed by atoms with E-state index in [9.17, 15) is 13.2 Å². The number of hydrogen-bond acceptors (Lipinski definition) is 3. The number of nitrogens with one attached hydrogen (secondary N) is 1. The van der Waals surface area contributed by atoms with E-state index in [4.69, 9.17) is 5.11 Å². The zero-order valence-electron chi connectivity index (χ0n) is 10.5. The molecular weight excluding hydrogens is 254 g/mol. The molecule has 0 heterocycles. The summed E-state index contributed by atoms with van der Waals surface area (Å²) in [5.74, 6) is -1.19. The number of rotatable bonds is 4. The maximum Gasteiger partial charge on any atom is 0.322 e. The van der Waals surface area contributed by atoms with Crippen LogP contribution in [0.5, 0.6) is 0 Å². The van der Waals surface area contributed by atoms with Gasteiger partial charge in [0.25, 0.3) is 0 Å². The van der Waals surface area contributed by atoms with Gasteiger partial charge >= 0.3 is 5.97 Å². The van der Waals surface area contributed by atoms with Gasteiger partial charge in [0, 0.05) is 0 Å². The second-order valence-corrected chi connectivity index (χ2v) is 6.79. The lowest BCUT2D eigenvalue weighted by Crippen LogP contribution is -2.48. The van der Waals surface area contributed by atoms with E-state index >= 15 is 0 Å². The average molecular weight is 271 g/mol. The Hall–Kier alpha value is -1.40. The smallest absolute Gasteiger partial charge is 0.322 e. The molecule has 18 heavy (non-hydrogen) atoms. The summed E-state index contributed by atoms with van der Waals surface area (Å²) in [6.45, 7) is 5.00. The van der Waals surface area contributed by atoms with E-state index in [-0.39, 0.29) is 4.90 Å². The van der Waals surface area contributed by atoms with Gasteiger partial charge in [-0.1, -0.05) is 39.0 Å². The number of hydrogen-bond donors (Lipinski definition) is 2. The second-order valence-electron chi connectivity index (χ2n) is 5.07. The van der Waals surface area contributed by atoms with Crippen LogP contribution in [0, 0.1) is 5.41 Å². The predicted octanol–water partition coefficient (Wildman–Crippen LogP) is 1.46. The summed E-state index contributed by atoms with van der Waals surface area (Å²) in [7, 11) is -3.82. The fraction of sp³-hybridized carbons (Fsp3) is 0.417. The van der Waals surface area contributed by atoms with Crippen molar-refractivity contribution in [3.05, 3.63) is 30.3 Å². The third-order valence-corrected chi connectivity index (χ3v) is 3.88. The standard InChI is InChI=1S/C12H17NO4S/c1-12(2,3)10(11(14)15)13-18(16,17)9-7-5-4-6-8-9/h4-8,10,13H,1-3H3,(H,14,15)/t10-/m0/s1. The first-order chi connectivity index (χ1) is 8.14. The van der Waals surface area contributed by atoms with Gasteiger partial charge in [-0.15, -0.1) is 0 Å². The zero-order chi connectivity index (χ0) is 14.0. The third-order valence-electron chi connectivity index (χ3n) is 2.44. The fourth-order valence-corrected chi connectivity index (χ4v) is 2.84. The first kappa shape index (κ1) is 14.7. The average Bonchev–Trinajstić information content (AvgIpc) is 2.25. The molecule has 0 aliphatic rings. The number of carboxylic acid groups (broad SMARTS) is 1. The first-order valence-electron chi connectivity index (χ1n) is 5.45. The molecule has 0 bridgehead atoms. The Kier molecular flexibility index (Phi) is 4.13. The molecule has 0 amide bonds. The van der Waals surface area contributed by atoms with E-state index in [0.717, 1.165) is 0 Å². The maximum absolute atomic E-state index is 12.0. The van der Waals surface area contributed by atoms with Crippen molar-refractivity contribution in [2.24, 2.45) is 5.41 Å². The van der Waals surface area contributed by atoms with Crippen LogP contribution in [-0.2, 0) is 14.8 Å². The highest BCUT2D eigenvalue weighted by atomic mass is 32.2. The molecule has 0 aliphatic carbocycles. The van der Waals surface area contributed by atoms with Gasteiger partial charge in [-0.05, 0) is 17.5 Å². The number of carboxylic acids is 1. The zero-order valence-corrected chi connectivity index (χ0v) is 11.4. The maximum atomic E-state index is 12.0. The Morgan fingerprint density at radius 1 is 1.22 bits per heavy atom. The van der Waals surface area contributed by atoms with Gasteiger partial charge in [-0.3, -0.25) is 4.79 Å². The molecule has 1 rings (SSSR count). The molecule has 1 aromatic rings. The molecule has 0 spiro atoms. The van der Waals surface area contributed by atoms with Gasteiger partial charge in [-0.2, -0.15) is 4.72 Å². The molecular formula is C12H17NO4S. The first-order valence-corrected chi connectivity index (χ1v) is 6.93. The van der Waals surface area contributed by atoms with Gasteiger partial charge < -0.3 is 5.11 Å². The Bertz CT molecular complexity index is 517. The van der Waals surface area contributed by atoms with E-state index in [1.807, 2.05) is 0 Å². The van der Waals surface area contributed by atoms with Crippen LogP contribution >= 0.6 is 0 Å². The van der Waals surface area contributed by atoms with Crippen molar-refractivity contribution in [2.45, 2.75) is 31.7 Å². The van der Waals surface area contributed by atoms with Crippen molar-refractivity contribution in [1.82, 2.24) is 4.72 Å². The SMILES string of the molecule is CC(C)(C)[C@@H](NS(=O)(=O)c1ccccc1)C(=O)O. The van der Waals surface area contributed by atoms with Gasteiger partial charge in [0.15, 0.2) is 0 Å². The second kappa shape index (κ2) is 5.07. The minimum atomic E-state index is -3.82. The van der Waals surface area contributed by atoms with E-state index < -0.39 is 27.4 Å². The Morgan fingerprint density at radius 3 is 2.11 bits per heavy atom. The topological polar surface area (TPSA) is 83.5 Å². The van der Waals surface area contributed by atoms with Crippen LogP contribution in [0.1, 0.15) is 20.8 Å². The van der Waals surface area contributed by atoms with Crippen molar-refractivity contribution >= 4 is 16.0 Å². The summed E-state index contributed by atoms with van der Waals surface area (Å²) < 4.78 is 26.3. The fourth-order valence-electron chi connectivity index (χ4n) is 1.42. The Labute approximate surface area is 107 Å². The van der Waals surface area contributed by atoms with Crippen molar-refractivity contribution in [3.8, 4) is 0 Å². The molecule has 1 atom stereocenters. The normalized spacial score (nSPS) is 14.2. The van der Waals surface area contributed by atoms with Crippen LogP contribution in [0.3, 0.4) is 0 Å². The highest BCUT2D eigenvalue weighted by Crippen LogP contribution is 2.21. The van der Waals surface area contributed by atoms with E-state index in [1.165, 1.54) is 12.1 Å². The molecule has 1 aromatic carbocycles. The van der Waals surface area contributed by atoms with Crippen LogP contribution in [0.4, 0.5) is 0 Å². The molecule has 0 unspecified atom stereocenters. The van der Waals surface area contributed by atoms with Gasteiger partial charge in [0.1, 0.15) is 6.04 Å². The highest BCUT2D eigenvalue weighted by molar-refractivity contribution is 7.89. The molecule has 0 aromatic heterocycles. The summed E-state index contributed by atoms with van der Waals surface area (Å²) in [5.41, 5.74) is -0.715. The summed E-state index contributed by atoms with van der Waals surface area (Å²) in [6.07, 6.45) is 0. The molecule has 0 aliphatic heterocycles. The lowest BCUT2D eigenvalue weighted by atomic mass is 9.88. The van der Waals surface area contributed by atoms with Crippen LogP contribution in [-0.4, -0.2) is 25.5 Å². The third kappa shape index (κ3) is 3.54. The van der Waals surface area contributed by atoms with E-state index in [2.05, 4.69) is 4.72 Å². The van der Waals surface area contributed by atoms with Crippen molar-refractivity contribution in [3.63, 3.8) is 0 Å². The molecule has 0 saturated heterocycles. The van der Waals surface area contributed by atoms with Crippen LogP contribution in [0.25, 0.3) is 0 Å². The number of benzene rings is 1. The van der Waals surface area contributed by atoms with Crippen molar-refractivity contribution in [2.75, 3.05) is 0 Å². The minimum absolute atomic E-state index is 0.0560. The molecule has 5 nitrogen and oxygen atoms in total. The number of carbonyl (C=O) groups is 1. The molecule has 2 N–H and O–H groups in total. The summed E-state index contributed by atoms with van der Waals surface area (Å²) in [5, 5.41) is 9.09. The van der Waals surface area contributed by atoms with Crippen LogP contribution in [0.15, 0.2) is 35.2 Å². The van der Waals surface area contributed by atoms with E-state index in [1.54, 1.807) is 39.0 Å². The summed E-state index contributed by atoms with van der Waals surface area (Å²) >= 11 is 0. The minimum Gasteiger partial charge on any atom is -0.480 e. The monoisotopic (exact) mass is 271 g/mol. The van der Waals surface area contributed by atoms with Crippen LogP contribution < -0.4 is 4.72 Å². The highest BCUT2D eigenvalue weighted by Gasteiger charge is 2.35. The molecule has 0 saturated carbocycles. The Morgan fingerprint density at radius 2 is 1.72 bits per heavy atom. The lowest BCUT2D eigenvalue weighted by Gasteiger charge is -2.27. The molecule has 0 radical (unpaired) electrons.